The lowest BCUT2D eigenvalue weighted by Crippen LogP contribution is -2.23. The van der Waals surface area contributed by atoms with Crippen LogP contribution in [0.5, 0.6) is 5.75 Å². The molecule has 1 aliphatic heterocycles. The number of aliphatic imine (C=N–C) groups is 1. The largest absolute Gasteiger partial charge is 0.494 e. The van der Waals surface area contributed by atoms with Crippen molar-refractivity contribution in [3.05, 3.63) is 66.9 Å². The molecule has 0 fully saturated rings. The van der Waals surface area contributed by atoms with Gasteiger partial charge in [-0.15, -0.1) is 11.3 Å². The number of aromatic nitrogens is 1. The average Bonchev–Trinajstić information content (AvgIpc) is 3.56. The molecule has 40 heavy (non-hydrogen) atoms. The number of carbonyl (C=O) groups excluding carboxylic acids is 3. The quantitative estimate of drug-likeness (QED) is 0.281. The Hall–Kier alpha value is -3.58. The number of benzene rings is 1. The summed E-state index contributed by atoms with van der Waals surface area (Å²) in [5.41, 5.74) is 0.723. The predicted molar refractivity (Wildman–Crippen MR) is 153 cm³/mol. The first-order chi connectivity index (χ1) is 19.2. The van der Waals surface area contributed by atoms with E-state index < -0.39 is 23.8 Å². The molecule has 1 atom stereocenters. The van der Waals surface area contributed by atoms with Crippen LogP contribution in [0, 0.1) is 0 Å². The zero-order valence-electron chi connectivity index (χ0n) is 21.0. The topological polar surface area (TPSA) is 140 Å². The molecule has 0 bridgehead atoms. The normalized spacial score (nSPS) is 14.1. The van der Waals surface area contributed by atoms with E-state index in [1.807, 2.05) is 0 Å². The minimum absolute atomic E-state index is 0.0385. The van der Waals surface area contributed by atoms with E-state index in [4.69, 9.17) is 49.0 Å². The van der Waals surface area contributed by atoms with Crippen LogP contribution in [-0.2, 0) is 20.8 Å². The van der Waals surface area contributed by atoms with E-state index in [1.54, 1.807) is 18.4 Å². The molecule has 0 saturated heterocycles. The molecule has 4 rings (SSSR count). The van der Waals surface area contributed by atoms with E-state index in [2.05, 4.69) is 25.9 Å². The number of pyridine rings is 1. The summed E-state index contributed by atoms with van der Waals surface area (Å²) in [4.78, 5) is 46.6. The summed E-state index contributed by atoms with van der Waals surface area (Å²) < 4.78 is 15.7. The lowest BCUT2D eigenvalue weighted by Gasteiger charge is -2.15. The Labute approximate surface area is 247 Å². The summed E-state index contributed by atoms with van der Waals surface area (Å²) in [6.45, 7) is 2.21. The van der Waals surface area contributed by atoms with Gasteiger partial charge in [0.25, 0.3) is 17.8 Å². The molecule has 3 heterocycles. The molecule has 2 aromatic heterocycles. The highest BCUT2D eigenvalue weighted by Crippen LogP contribution is 2.35. The van der Waals surface area contributed by atoms with Gasteiger partial charge in [0.1, 0.15) is 23.1 Å². The van der Waals surface area contributed by atoms with Gasteiger partial charge in [-0.2, -0.15) is 0 Å². The van der Waals surface area contributed by atoms with Crippen LogP contribution >= 0.6 is 46.1 Å². The van der Waals surface area contributed by atoms with E-state index in [0.717, 1.165) is 11.3 Å². The standard InChI is InChI=1S/C25H22Cl3N5O6S/c1-3-38-24(36)16-10-39-25(31-16)30-8-12-11-40-21(19(12)28)23(35)33-20-15(6-14(27)7-17(20)37-2)22(34)32-18-5-4-13(26)9-29-18/h4-7,9,11,16H,3,8,10H2,1-2H3,(H,30,31)(H,33,35)(H,29,32,34). The number of esters is 1. The van der Waals surface area contributed by atoms with Gasteiger partial charge in [-0.05, 0) is 30.5 Å². The van der Waals surface area contributed by atoms with Crippen molar-refractivity contribution < 1.29 is 28.6 Å². The number of methoxy groups -OCH3 is 1. The molecule has 15 heteroatoms. The third-order valence-corrected chi connectivity index (χ3v) is 7.40. The van der Waals surface area contributed by atoms with Gasteiger partial charge in [-0.25, -0.2) is 14.8 Å². The maximum absolute atomic E-state index is 13.3. The number of hydrogen-bond acceptors (Lipinski definition) is 10. The van der Waals surface area contributed by atoms with Gasteiger partial charge in [-0.3, -0.25) is 9.59 Å². The molecule has 3 N–H and O–H groups in total. The van der Waals surface area contributed by atoms with Gasteiger partial charge in [0, 0.05) is 29.4 Å². The lowest BCUT2D eigenvalue weighted by molar-refractivity contribution is -0.144. The minimum atomic E-state index is -0.738. The van der Waals surface area contributed by atoms with Crippen LogP contribution in [0.4, 0.5) is 11.5 Å². The summed E-state index contributed by atoms with van der Waals surface area (Å²) in [6, 6.07) is 5.39. The highest BCUT2D eigenvalue weighted by atomic mass is 35.5. The summed E-state index contributed by atoms with van der Waals surface area (Å²) in [5.74, 6) is -1.23. The fourth-order valence-electron chi connectivity index (χ4n) is 3.51. The van der Waals surface area contributed by atoms with E-state index in [-0.39, 0.29) is 63.5 Å². The summed E-state index contributed by atoms with van der Waals surface area (Å²) in [7, 11) is 1.38. The molecule has 11 nitrogen and oxygen atoms in total. The van der Waals surface area contributed by atoms with Crippen molar-refractivity contribution >= 4 is 81.5 Å². The van der Waals surface area contributed by atoms with Gasteiger partial charge >= 0.3 is 5.97 Å². The lowest BCUT2D eigenvalue weighted by atomic mass is 10.1. The van der Waals surface area contributed by atoms with Crippen LogP contribution in [0.1, 0.15) is 32.5 Å². The second-order valence-electron chi connectivity index (χ2n) is 8.07. The van der Waals surface area contributed by atoms with E-state index in [9.17, 15) is 14.4 Å². The van der Waals surface area contributed by atoms with Crippen molar-refractivity contribution in [1.29, 1.82) is 0 Å². The average molecular weight is 627 g/mol. The SMILES string of the molecule is CCOC(=O)C1COC(NCc2csc(C(=O)Nc3c(OC)cc(Cl)cc3C(=O)Nc3ccc(Cl)cn3)c2Cl)=N1. The first kappa shape index (κ1) is 29.4. The predicted octanol–water partition coefficient (Wildman–Crippen LogP) is 5.02. The first-order valence-electron chi connectivity index (χ1n) is 11.7. The maximum atomic E-state index is 13.3. The fraction of sp³-hybridized carbons (Fsp3) is 0.240. The van der Waals surface area contributed by atoms with Crippen LogP contribution in [-0.4, -0.2) is 55.2 Å². The molecular weight excluding hydrogens is 605 g/mol. The Morgan fingerprint density at radius 3 is 2.62 bits per heavy atom. The fourth-order valence-corrected chi connectivity index (χ4v) is 5.09. The van der Waals surface area contributed by atoms with Gasteiger partial charge in [0.15, 0.2) is 6.04 Å². The number of thiophene rings is 1. The second-order valence-corrected chi connectivity index (χ2v) is 10.2. The molecule has 210 valence electrons. The van der Waals surface area contributed by atoms with Crippen LogP contribution in [0.2, 0.25) is 15.1 Å². The van der Waals surface area contributed by atoms with E-state index in [1.165, 1.54) is 31.5 Å². The monoisotopic (exact) mass is 625 g/mol. The Morgan fingerprint density at radius 1 is 1.12 bits per heavy atom. The molecular formula is C25H22Cl3N5O6S. The Bertz CT molecular complexity index is 1460. The molecule has 3 aromatic rings. The Morgan fingerprint density at radius 2 is 1.93 bits per heavy atom. The van der Waals surface area contributed by atoms with Gasteiger partial charge in [-0.1, -0.05) is 34.8 Å². The van der Waals surface area contributed by atoms with E-state index in [0.29, 0.717) is 10.6 Å². The number of amidine groups is 1. The van der Waals surface area contributed by atoms with Crippen LogP contribution in [0.3, 0.4) is 0 Å². The van der Waals surface area contributed by atoms with Gasteiger partial charge < -0.3 is 30.2 Å². The molecule has 0 saturated carbocycles. The van der Waals surface area contributed by atoms with Crippen molar-refractivity contribution in [3.63, 3.8) is 0 Å². The number of anilines is 2. The number of ether oxygens (including phenoxy) is 3. The summed E-state index contributed by atoms with van der Waals surface area (Å²) >= 11 is 19.7. The molecule has 0 aliphatic carbocycles. The molecule has 2 amide bonds. The molecule has 1 unspecified atom stereocenters. The summed E-state index contributed by atoms with van der Waals surface area (Å²) in [6.07, 6.45) is 1.38. The van der Waals surface area contributed by atoms with Crippen molar-refractivity contribution in [2.75, 3.05) is 31.0 Å². The molecule has 0 radical (unpaired) electrons. The van der Waals surface area contributed by atoms with Crippen molar-refractivity contribution in [3.8, 4) is 5.75 Å². The van der Waals surface area contributed by atoms with Crippen molar-refractivity contribution in [2.24, 2.45) is 4.99 Å². The van der Waals surface area contributed by atoms with Crippen LogP contribution in [0.15, 0.2) is 40.8 Å². The third-order valence-electron chi connectivity index (χ3n) is 5.39. The zero-order chi connectivity index (χ0) is 28.8. The first-order valence-corrected chi connectivity index (χ1v) is 13.7. The minimum Gasteiger partial charge on any atom is -0.494 e. The summed E-state index contributed by atoms with van der Waals surface area (Å²) in [5, 5.41) is 10.8. The highest BCUT2D eigenvalue weighted by molar-refractivity contribution is 7.13. The third kappa shape index (κ3) is 6.94. The number of amides is 2. The molecule has 1 aliphatic rings. The Balaban J connectivity index is 1.49. The number of nitrogens with zero attached hydrogens (tertiary/aromatic N) is 2. The zero-order valence-corrected chi connectivity index (χ0v) is 24.1. The number of nitrogens with one attached hydrogen (secondary N) is 3. The van der Waals surface area contributed by atoms with Crippen LogP contribution in [0.25, 0.3) is 0 Å². The number of carbonyl (C=O) groups is 3. The highest BCUT2D eigenvalue weighted by Gasteiger charge is 2.28. The van der Waals surface area contributed by atoms with E-state index >= 15 is 0 Å². The van der Waals surface area contributed by atoms with Gasteiger partial charge in [0.05, 0.1) is 35.0 Å². The van der Waals surface area contributed by atoms with Gasteiger partial charge in [0.2, 0.25) is 0 Å². The second kappa shape index (κ2) is 13.2. The van der Waals surface area contributed by atoms with Crippen molar-refractivity contribution in [1.82, 2.24) is 10.3 Å². The smallest absolute Gasteiger partial charge is 0.334 e. The number of halogens is 3. The molecule has 1 aromatic carbocycles. The molecule has 0 spiro atoms. The number of rotatable bonds is 9. The van der Waals surface area contributed by atoms with Crippen molar-refractivity contribution in [2.45, 2.75) is 19.5 Å². The number of hydrogen-bond donors (Lipinski definition) is 3. The van der Waals surface area contributed by atoms with Crippen LogP contribution < -0.4 is 20.7 Å². The Kier molecular flexibility index (Phi) is 9.69. The maximum Gasteiger partial charge on any atom is 0.334 e.